The number of nitrogens with one attached hydrogen (secondary N) is 1. The molecule has 2 aromatic carbocycles. The van der Waals surface area contributed by atoms with E-state index in [-0.39, 0.29) is 0 Å². The van der Waals surface area contributed by atoms with Gasteiger partial charge in [0.05, 0.1) is 5.56 Å². The highest BCUT2D eigenvalue weighted by Crippen LogP contribution is 2.41. The van der Waals surface area contributed by atoms with Crippen LogP contribution in [0.3, 0.4) is 0 Å². The number of nitrogens with zero attached hydrogens (tertiary/aromatic N) is 1. The number of rotatable bonds is 2. The molecule has 1 heterocycles. The first-order valence-electron chi connectivity index (χ1n) is 6.82. The Hall–Kier alpha value is -2.35. The molecule has 1 atom stereocenters. The van der Waals surface area contributed by atoms with Gasteiger partial charge in [-0.05, 0) is 24.2 Å². The van der Waals surface area contributed by atoms with Gasteiger partial charge in [0.1, 0.15) is 24.0 Å². The number of nitriles is 1. The van der Waals surface area contributed by atoms with Crippen molar-refractivity contribution in [3.05, 3.63) is 64.7 Å². The molecular formula is C17H16N2O2. The highest BCUT2D eigenvalue weighted by molar-refractivity contribution is 5.56. The summed E-state index contributed by atoms with van der Waals surface area (Å²) in [6.45, 7) is 0.684. The second-order valence-corrected chi connectivity index (χ2v) is 5.13. The van der Waals surface area contributed by atoms with Gasteiger partial charge >= 0.3 is 0 Å². The predicted molar refractivity (Wildman–Crippen MR) is 78.9 cm³/mol. The van der Waals surface area contributed by atoms with Crippen LogP contribution in [0.2, 0.25) is 0 Å². The Morgan fingerprint density at radius 2 is 2.00 bits per heavy atom. The third-order valence-corrected chi connectivity index (χ3v) is 3.85. The summed E-state index contributed by atoms with van der Waals surface area (Å²) in [6, 6.07) is 15.1. The zero-order valence-corrected chi connectivity index (χ0v) is 11.8. The van der Waals surface area contributed by atoms with Gasteiger partial charge in [-0.1, -0.05) is 36.4 Å². The molecule has 0 amide bonds. The van der Waals surface area contributed by atoms with Gasteiger partial charge in [0.2, 0.25) is 0 Å². The van der Waals surface area contributed by atoms with Crippen LogP contribution in [0.4, 0.5) is 0 Å². The molecule has 0 spiro atoms. The Morgan fingerprint density at radius 3 is 2.76 bits per heavy atom. The molecule has 1 unspecified atom stereocenters. The minimum Gasteiger partial charge on any atom is -0.487 e. The van der Waals surface area contributed by atoms with Crippen molar-refractivity contribution in [1.29, 1.82) is 5.26 Å². The molecule has 0 saturated heterocycles. The van der Waals surface area contributed by atoms with Gasteiger partial charge in [-0.2, -0.15) is 5.26 Å². The predicted octanol–water partition coefficient (Wildman–Crippen LogP) is 1.91. The molecule has 2 aromatic rings. The SMILES string of the molecule is CNCC1(O)c2ccccc2COc2c(C#N)cccc21. The van der Waals surface area contributed by atoms with Crippen molar-refractivity contribution < 1.29 is 9.84 Å². The van der Waals surface area contributed by atoms with Crippen LogP contribution < -0.4 is 10.1 Å². The number of aliphatic hydroxyl groups is 1. The van der Waals surface area contributed by atoms with E-state index < -0.39 is 5.60 Å². The molecule has 21 heavy (non-hydrogen) atoms. The van der Waals surface area contributed by atoms with Crippen molar-refractivity contribution in [2.24, 2.45) is 0 Å². The Kier molecular flexibility index (Phi) is 3.38. The van der Waals surface area contributed by atoms with Crippen molar-refractivity contribution in [1.82, 2.24) is 5.32 Å². The van der Waals surface area contributed by atoms with Gasteiger partial charge in [-0.3, -0.25) is 0 Å². The first kappa shape index (κ1) is 13.6. The van der Waals surface area contributed by atoms with E-state index in [2.05, 4.69) is 11.4 Å². The number of ether oxygens (including phenoxy) is 1. The molecule has 0 saturated carbocycles. The monoisotopic (exact) mass is 280 g/mol. The molecule has 0 aromatic heterocycles. The van der Waals surface area contributed by atoms with E-state index in [0.29, 0.717) is 30.0 Å². The fourth-order valence-electron chi connectivity index (χ4n) is 2.90. The fourth-order valence-corrected chi connectivity index (χ4v) is 2.90. The van der Waals surface area contributed by atoms with E-state index in [1.165, 1.54) is 0 Å². The molecule has 1 aliphatic rings. The number of benzene rings is 2. The third-order valence-electron chi connectivity index (χ3n) is 3.85. The molecule has 2 N–H and O–H groups in total. The fraction of sp³-hybridized carbons (Fsp3) is 0.235. The Bertz CT molecular complexity index is 721. The lowest BCUT2D eigenvalue weighted by Gasteiger charge is -2.29. The summed E-state index contributed by atoms with van der Waals surface area (Å²) in [5, 5.41) is 23.6. The first-order chi connectivity index (χ1) is 10.2. The van der Waals surface area contributed by atoms with Crippen LogP contribution in [0, 0.1) is 11.3 Å². The lowest BCUT2D eigenvalue weighted by molar-refractivity contribution is 0.0815. The van der Waals surface area contributed by atoms with Crippen molar-refractivity contribution in [3.63, 3.8) is 0 Å². The molecule has 0 fully saturated rings. The summed E-state index contributed by atoms with van der Waals surface area (Å²) in [4.78, 5) is 0. The van der Waals surface area contributed by atoms with Crippen LogP contribution in [-0.4, -0.2) is 18.7 Å². The second kappa shape index (κ2) is 5.21. The number of fused-ring (bicyclic) bond motifs is 2. The smallest absolute Gasteiger partial charge is 0.144 e. The number of likely N-dealkylation sites (N-methyl/N-ethyl adjacent to an activating group) is 1. The lowest BCUT2D eigenvalue weighted by atomic mass is 9.83. The summed E-state index contributed by atoms with van der Waals surface area (Å²) in [7, 11) is 1.79. The van der Waals surface area contributed by atoms with E-state index in [9.17, 15) is 10.4 Å². The topological polar surface area (TPSA) is 65.3 Å². The zero-order valence-electron chi connectivity index (χ0n) is 11.8. The van der Waals surface area contributed by atoms with Gasteiger partial charge in [-0.15, -0.1) is 0 Å². The van der Waals surface area contributed by atoms with Crippen LogP contribution >= 0.6 is 0 Å². The summed E-state index contributed by atoms with van der Waals surface area (Å²) < 4.78 is 5.83. The highest BCUT2D eigenvalue weighted by atomic mass is 16.5. The second-order valence-electron chi connectivity index (χ2n) is 5.13. The summed E-state index contributed by atoms with van der Waals surface area (Å²) in [5.41, 5.74) is 1.59. The lowest BCUT2D eigenvalue weighted by Crippen LogP contribution is -2.38. The van der Waals surface area contributed by atoms with Gasteiger partial charge in [0.25, 0.3) is 0 Å². The van der Waals surface area contributed by atoms with E-state index >= 15 is 0 Å². The van der Waals surface area contributed by atoms with Crippen molar-refractivity contribution in [2.45, 2.75) is 12.2 Å². The Balaban J connectivity index is 2.30. The van der Waals surface area contributed by atoms with Gasteiger partial charge in [-0.25, -0.2) is 0 Å². The maximum atomic E-state index is 11.3. The minimum atomic E-state index is -1.22. The molecule has 4 heteroatoms. The summed E-state index contributed by atoms with van der Waals surface area (Å²) in [5.74, 6) is 0.467. The number of hydrogen-bond donors (Lipinski definition) is 2. The van der Waals surface area contributed by atoms with E-state index in [1.807, 2.05) is 30.3 Å². The maximum absolute atomic E-state index is 11.3. The molecule has 0 radical (unpaired) electrons. The maximum Gasteiger partial charge on any atom is 0.144 e. The van der Waals surface area contributed by atoms with Crippen molar-refractivity contribution in [2.75, 3.05) is 13.6 Å². The Labute approximate surface area is 123 Å². The quantitative estimate of drug-likeness (QED) is 0.882. The molecular weight excluding hydrogens is 264 g/mol. The molecule has 1 aliphatic heterocycles. The third kappa shape index (κ3) is 2.07. The number of hydrogen-bond acceptors (Lipinski definition) is 4. The average molecular weight is 280 g/mol. The van der Waals surface area contributed by atoms with Crippen LogP contribution in [-0.2, 0) is 12.2 Å². The van der Waals surface area contributed by atoms with E-state index in [0.717, 1.165) is 11.1 Å². The summed E-state index contributed by atoms with van der Waals surface area (Å²) in [6.07, 6.45) is 0. The van der Waals surface area contributed by atoms with Crippen LogP contribution in [0.25, 0.3) is 0 Å². The molecule has 0 aliphatic carbocycles. The Morgan fingerprint density at radius 1 is 1.24 bits per heavy atom. The molecule has 3 rings (SSSR count). The first-order valence-corrected chi connectivity index (χ1v) is 6.82. The van der Waals surface area contributed by atoms with Crippen molar-refractivity contribution in [3.8, 4) is 11.8 Å². The molecule has 4 nitrogen and oxygen atoms in total. The van der Waals surface area contributed by atoms with E-state index in [4.69, 9.17) is 4.74 Å². The van der Waals surface area contributed by atoms with Crippen molar-refractivity contribution >= 4 is 0 Å². The van der Waals surface area contributed by atoms with Crippen LogP contribution in [0.5, 0.6) is 5.75 Å². The number of para-hydroxylation sites is 1. The molecule has 0 bridgehead atoms. The average Bonchev–Trinajstić information content (AvgIpc) is 2.64. The van der Waals surface area contributed by atoms with Gasteiger partial charge < -0.3 is 15.2 Å². The van der Waals surface area contributed by atoms with Gasteiger partial charge in [0.15, 0.2) is 0 Å². The normalized spacial score (nSPS) is 19.7. The largest absolute Gasteiger partial charge is 0.487 e. The van der Waals surface area contributed by atoms with Crippen LogP contribution in [0.1, 0.15) is 22.3 Å². The van der Waals surface area contributed by atoms with E-state index in [1.54, 1.807) is 19.2 Å². The van der Waals surface area contributed by atoms with Gasteiger partial charge in [0, 0.05) is 12.1 Å². The highest BCUT2D eigenvalue weighted by Gasteiger charge is 2.38. The molecule has 106 valence electrons. The minimum absolute atomic E-state index is 0.341. The zero-order chi connectivity index (χ0) is 14.9. The van der Waals surface area contributed by atoms with Crippen LogP contribution in [0.15, 0.2) is 42.5 Å². The summed E-state index contributed by atoms with van der Waals surface area (Å²) >= 11 is 0. The standard InChI is InChI=1S/C17H16N2O2/c1-19-11-17(20)14-7-3-2-5-13(14)10-21-16-12(9-18)6-4-8-15(16)17/h2-8,19-20H,10-11H2,1H3.